The predicted molar refractivity (Wildman–Crippen MR) is 70.4 cm³/mol. The van der Waals surface area contributed by atoms with E-state index in [1.165, 1.54) is 0 Å². The Balaban J connectivity index is 3.17. The van der Waals surface area contributed by atoms with Gasteiger partial charge >= 0.3 is 92.4 Å². The van der Waals surface area contributed by atoms with Gasteiger partial charge < -0.3 is 0 Å². The molecule has 0 spiro atoms. The number of hydrogen-bond acceptors (Lipinski definition) is 0. The van der Waals surface area contributed by atoms with Crippen molar-refractivity contribution in [1.29, 1.82) is 0 Å². The normalized spacial score (nSPS) is 14.0. The molecule has 0 aromatic carbocycles. The van der Waals surface area contributed by atoms with Gasteiger partial charge in [-0.3, -0.25) is 0 Å². The van der Waals surface area contributed by atoms with Gasteiger partial charge in [0.15, 0.2) is 0 Å². The summed E-state index contributed by atoms with van der Waals surface area (Å²) in [5.74, 6) is 0. The standard InChI is InChI=1S/Ge2H2I4/c3-1-2(4,5)6/h1H2. The molecule has 0 rings (SSSR count). The molecule has 6 heteroatoms. The third-order valence-corrected chi connectivity index (χ3v) is 184. The van der Waals surface area contributed by atoms with Crippen molar-refractivity contribution in [2.24, 2.45) is 0 Å². The Morgan fingerprint density at radius 3 is 1.33 bits per heavy atom. The van der Waals surface area contributed by atoms with Crippen molar-refractivity contribution in [3.8, 4) is 0 Å². The van der Waals surface area contributed by atoms with Crippen LogP contribution in [0.4, 0.5) is 0 Å². The van der Waals surface area contributed by atoms with Gasteiger partial charge in [-0.05, 0) is 0 Å². The third kappa shape index (κ3) is 8.01. The van der Waals surface area contributed by atoms with Crippen molar-refractivity contribution in [2.75, 3.05) is 0 Å². The Hall–Kier alpha value is 4.01. The predicted octanol–water partition coefficient (Wildman–Crippen LogP) is 2.25. The van der Waals surface area contributed by atoms with E-state index in [0.29, 0.717) is 0 Å². The van der Waals surface area contributed by atoms with Crippen LogP contribution < -0.4 is 0 Å². The van der Waals surface area contributed by atoms with Crippen molar-refractivity contribution < 1.29 is 0 Å². The van der Waals surface area contributed by atoms with E-state index in [2.05, 4.69) is 80.9 Å². The topological polar surface area (TPSA) is 0 Å². The van der Waals surface area contributed by atoms with E-state index in [-0.39, 0.29) is 10.2 Å². The van der Waals surface area contributed by atoms with Crippen LogP contribution in [-0.2, 0) is 0 Å². The first-order valence-electron chi connectivity index (χ1n) is 1.19. The van der Waals surface area contributed by atoms with Gasteiger partial charge in [-0.25, -0.2) is 0 Å². The van der Waals surface area contributed by atoms with Gasteiger partial charge in [0.1, 0.15) is 0 Å². The molecule has 38 valence electrons. The second-order valence-electron chi connectivity index (χ2n) is 0.749. The fourth-order valence-electron chi connectivity index (χ4n) is 0. The molecule has 0 amide bonds. The SMILES string of the molecule is [I][GeH2][Ge]([I])([I])[I]. The monoisotopic (exact) mass is 657 g/mol. The van der Waals surface area contributed by atoms with E-state index in [0.717, 1.165) is 0 Å². The van der Waals surface area contributed by atoms with E-state index in [1.54, 1.807) is 0 Å². The molecule has 0 nitrogen and oxygen atoms in total. The average Bonchev–Trinajstić information content (AvgIpc) is 1.35. The van der Waals surface area contributed by atoms with Crippen LogP contribution in [0.3, 0.4) is 0 Å². The minimum absolute atomic E-state index is 0.0133. The van der Waals surface area contributed by atoms with Gasteiger partial charge in [0.2, 0.25) is 0 Å². The maximum absolute atomic E-state index is 2.68. The summed E-state index contributed by atoms with van der Waals surface area (Å²) in [6.45, 7) is 0. The first kappa shape index (κ1) is 10.0. The molecule has 6 heavy (non-hydrogen) atoms. The Bertz CT molecular complexity index is 35.3. The van der Waals surface area contributed by atoms with E-state index in [9.17, 15) is 0 Å². The molecule has 0 aliphatic heterocycles. The molecule has 0 aliphatic carbocycles. The summed E-state index contributed by atoms with van der Waals surface area (Å²) in [5.41, 5.74) is 0. The van der Waals surface area contributed by atoms with Crippen LogP contribution in [0, 0.1) is 0 Å². The Morgan fingerprint density at radius 2 is 1.33 bits per heavy atom. The molecule has 0 aliphatic rings. The zero-order valence-corrected chi connectivity index (χ0v) is 16.4. The van der Waals surface area contributed by atoms with Gasteiger partial charge in [-0.1, -0.05) is 0 Å². The summed E-state index contributed by atoms with van der Waals surface area (Å²) in [7, 11) is 0.0133. The molecule has 0 radical (unpaired) electrons. The van der Waals surface area contributed by atoms with Crippen molar-refractivity contribution >= 4 is 92.4 Å². The summed E-state index contributed by atoms with van der Waals surface area (Å²) < 4.78 is -0.958. The van der Waals surface area contributed by atoms with Gasteiger partial charge in [-0.2, -0.15) is 0 Å². The van der Waals surface area contributed by atoms with E-state index in [4.69, 9.17) is 0 Å². The van der Waals surface area contributed by atoms with Crippen LogP contribution in [0.25, 0.3) is 0 Å². The number of halogens is 4. The van der Waals surface area contributed by atoms with Gasteiger partial charge in [0.25, 0.3) is 0 Å². The van der Waals surface area contributed by atoms with Crippen molar-refractivity contribution in [2.45, 2.75) is 0 Å². The van der Waals surface area contributed by atoms with E-state index < -0.39 is 1.37 Å². The number of rotatable bonds is 1. The molecule has 0 aromatic rings. The van der Waals surface area contributed by atoms with Crippen LogP contribution in [-0.4, -0.2) is 11.5 Å². The van der Waals surface area contributed by atoms with Crippen LogP contribution in [0.2, 0.25) is 0 Å². The first-order valence-corrected chi connectivity index (χ1v) is 38.6. The maximum atomic E-state index is 2.68. The molecule has 0 heterocycles. The molecule has 0 N–H and O–H groups in total. The molecule has 0 fully saturated rings. The van der Waals surface area contributed by atoms with Crippen LogP contribution in [0.5, 0.6) is 0 Å². The van der Waals surface area contributed by atoms with Gasteiger partial charge in [0.05, 0.1) is 0 Å². The molecule has 0 saturated carbocycles. The van der Waals surface area contributed by atoms with Crippen LogP contribution >= 0.6 is 80.9 Å². The summed E-state index contributed by atoms with van der Waals surface area (Å²) >= 11 is 10.7. The summed E-state index contributed by atoms with van der Waals surface area (Å²) in [6, 6.07) is 0. The molecular formula is H2Ge2I4. The Kier molecular flexibility index (Phi) is 7.95. The number of hydrogen-bond donors (Lipinski definition) is 0. The van der Waals surface area contributed by atoms with Crippen molar-refractivity contribution in [1.82, 2.24) is 0 Å². The zero-order chi connectivity index (χ0) is 5.21. The Labute approximate surface area is 89.4 Å². The van der Waals surface area contributed by atoms with Crippen molar-refractivity contribution in [3.05, 3.63) is 0 Å². The second kappa shape index (κ2) is 4.77. The fourth-order valence-corrected chi connectivity index (χ4v) is 0. The summed E-state index contributed by atoms with van der Waals surface area (Å²) in [5, 5.41) is 0. The third-order valence-electron chi connectivity index (χ3n) is 0.152. The summed E-state index contributed by atoms with van der Waals surface area (Å²) in [4.78, 5) is 0. The molecule has 0 saturated heterocycles. The second-order valence-corrected chi connectivity index (χ2v) is 147. The molecule has 0 bridgehead atoms. The quantitative estimate of drug-likeness (QED) is 0.301. The fraction of sp³-hybridized carbons (Fsp3) is 0. The minimum atomic E-state index is -0.958. The van der Waals surface area contributed by atoms with Crippen molar-refractivity contribution in [3.63, 3.8) is 0 Å². The summed E-state index contributed by atoms with van der Waals surface area (Å²) in [6.07, 6.45) is 0. The zero-order valence-electron chi connectivity index (χ0n) is 2.72. The van der Waals surface area contributed by atoms with Crippen LogP contribution in [0.15, 0.2) is 0 Å². The van der Waals surface area contributed by atoms with Crippen LogP contribution in [0.1, 0.15) is 0 Å². The molecule has 0 atom stereocenters. The van der Waals surface area contributed by atoms with Gasteiger partial charge in [0, 0.05) is 0 Å². The Morgan fingerprint density at radius 1 is 1.17 bits per heavy atom. The molecule has 0 unspecified atom stereocenters. The van der Waals surface area contributed by atoms with E-state index in [1.807, 2.05) is 0 Å². The molecular weight excluding hydrogens is 653 g/mol. The molecule has 0 aromatic heterocycles. The van der Waals surface area contributed by atoms with Gasteiger partial charge in [-0.15, -0.1) is 0 Å². The first-order chi connectivity index (χ1) is 2.56. The van der Waals surface area contributed by atoms with E-state index >= 15 is 0 Å². The average molecular weight is 655 g/mol.